The van der Waals surface area contributed by atoms with Crippen molar-refractivity contribution in [3.8, 4) is 5.75 Å². The average molecular weight is 263 g/mol. The standard InChI is InChI=1S/C16H25NO2/c1-3-10-19-16-11-12(2)4-9-15(16)17-13-5-7-14(18)8-6-13/h4,9,11,13-14,17-18H,3,5-8,10H2,1-2H3. The van der Waals surface area contributed by atoms with Crippen LogP contribution in [0.15, 0.2) is 18.2 Å². The summed E-state index contributed by atoms with van der Waals surface area (Å²) in [6.07, 6.45) is 4.77. The van der Waals surface area contributed by atoms with Crippen LogP contribution in [0, 0.1) is 6.92 Å². The molecule has 106 valence electrons. The Morgan fingerprint density at radius 2 is 2.00 bits per heavy atom. The van der Waals surface area contributed by atoms with E-state index in [1.165, 1.54) is 5.56 Å². The fraction of sp³-hybridized carbons (Fsp3) is 0.625. The highest BCUT2D eigenvalue weighted by molar-refractivity contribution is 5.58. The number of aryl methyl sites for hydroxylation is 1. The van der Waals surface area contributed by atoms with E-state index in [1.54, 1.807) is 0 Å². The van der Waals surface area contributed by atoms with Crippen LogP contribution in [0.2, 0.25) is 0 Å². The van der Waals surface area contributed by atoms with E-state index >= 15 is 0 Å². The number of ether oxygens (including phenoxy) is 1. The Morgan fingerprint density at radius 1 is 1.26 bits per heavy atom. The van der Waals surface area contributed by atoms with Crippen LogP contribution in [-0.2, 0) is 0 Å². The molecule has 0 spiro atoms. The summed E-state index contributed by atoms with van der Waals surface area (Å²) in [7, 11) is 0. The Labute approximate surface area is 116 Å². The number of hydrogen-bond donors (Lipinski definition) is 2. The number of rotatable bonds is 5. The lowest BCUT2D eigenvalue weighted by molar-refractivity contribution is 0.126. The molecule has 0 radical (unpaired) electrons. The predicted octanol–water partition coefficient (Wildman–Crippen LogP) is 3.50. The number of hydrogen-bond acceptors (Lipinski definition) is 3. The smallest absolute Gasteiger partial charge is 0.142 e. The molecule has 1 aromatic carbocycles. The molecule has 0 unspecified atom stereocenters. The summed E-state index contributed by atoms with van der Waals surface area (Å²) in [6, 6.07) is 6.76. The van der Waals surface area contributed by atoms with Gasteiger partial charge in [0.15, 0.2) is 0 Å². The molecule has 1 fully saturated rings. The van der Waals surface area contributed by atoms with E-state index in [2.05, 4.69) is 37.4 Å². The molecule has 1 aromatic rings. The third kappa shape index (κ3) is 4.13. The van der Waals surface area contributed by atoms with Crippen LogP contribution in [0.5, 0.6) is 5.75 Å². The van der Waals surface area contributed by atoms with E-state index in [1.807, 2.05) is 0 Å². The molecule has 2 rings (SSSR count). The van der Waals surface area contributed by atoms with Gasteiger partial charge in [-0.15, -0.1) is 0 Å². The molecular formula is C16H25NO2. The molecule has 1 aliphatic carbocycles. The maximum absolute atomic E-state index is 9.55. The summed E-state index contributed by atoms with van der Waals surface area (Å²) >= 11 is 0. The summed E-state index contributed by atoms with van der Waals surface area (Å²) in [5.74, 6) is 0.952. The molecule has 1 saturated carbocycles. The average Bonchev–Trinajstić information content (AvgIpc) is 2.41. The van der Waals surface area contributed by atoms with Gasteiger partial charge >= 0.3 is 0 Å². The minimum Gasteiger partial charge on any atom is -0.491 e. The van der Waals surface area contributed by atoms with Crippen molar-refractivity contribution in [1.82, 2.24) is 0 Å². The first kappa shape index (κ1) is 14.2. The molecule has 0 heterocycles. The van der Waals surface area contributed by atoms with Gasteiger partial charge in [-0.3, -0.25) is 0 Å². The minimum absolute atomic E-state index is 0.105. The van der Waals surface area contributed by atoms with Gasteiger partial charge in [0.2, 0.25) is 0 Å². The Bertz CT molecular complexity index is 398. The first-order valence-corrected chi connectivity index (χ1v) is 7.37. The summed E-state index contributed by atoms with van der Waals surface area (Å²) < 4.78 is 5.82. The van der Waals surface area contributed by atoms with Crippen LogP contribution in [-0.4, -0.2) is 23.9 Å². The number of anilines is 1. The van der Waals surface area contributed by atoms with Gasteiger partial charge in [-0.25, -0.2) is 0 Å². The van der Waals surface area contributed by atoms with Gasteiger partial charge in [0.05, 0.1) is 18.4 Å². The summed E-state index contributed by atoms with van der Waals surface area (Å²) in [5.41, 5.74) is 2.30. The summed E-state index contributed by atoms with van der Waals surface area (Å²) in [5, 5.41) is 13.1. The summed E-state index contributed by atoms with van der Waals surface area (Å²) in [4.78, 5) is 0. The molecule has 0 amide bonds. The van der Waals surface area contributed by atoms with Gasteiger partial charge in [-0.05, 0) is 56.7 Å². The van der Waals surface area contributed by atoms with E-state index in [0.717, 1.165) is 50.1 Å². The predicted molar refractivity (Wildman–Crippen MR) is 78.9 cm³/mol. The van der Waals surface area contributed by atoms with Gasteiger partial charge < -0.3 is 15.2 Å². The normalized spacial score (nSPS) is 23.1. The quantitative estimate of drug-likeness (QED) is 0.854. The topological polar surface area (TPSA) is 41.5 Å². The van der Waals surface area contributed by atoms with Gasteiger partial charge in [-0.1, -0.05) is 13.0 Å². The third-order valence-corrected chi connectivity index (χ3v) is 3.66. The largest absolute Gasteiger partial charge is 0.491 e. The lowest BCUT2D eigenvalue weighted by Gasteiger charge is -2.28. The molecule has 3 heteroatoms. The van der Waals surface area contributed by atoms with Crippen molar-refractivity contribution in [2.45, 2.75) is 58.1 Å². The Balaban J connectivity index is 2.02. The van der Waals surface area contributed by atoms with Crippen LogP contribution in [0.25, 0.3) is 0 Å². The Hall–Kier alpha value is -1.22. The van der Waals surface area contributed by atoms with Crippen molar-refractivity contribution in [3.05, 3.63) is 23.8 Å². The van der Waals surface area contributed by atoms with Gasteiger partial charge in [0.25, 0.3) is 0 Å². The molecule has 19 heavy (non-hydrogen) atoms. The highest BCUT2D eigenvalue weighted by Gasteiger charge is 2.20. The van der Waals surface area contributed by atoms with Crippen molar-refractivity contribution >= 4 is 5.69 Å². The zero-order chi connectivity index (χ0) is 13.7. The monoisotopic (exact) mass is 263 g/mol. The Morgan fingerprint density at radius 3 is 2.68 bits per heavy atom. The van der Waals surface area contributed by atoms with E-state index in [9.17, 15) is 5.11 Å². The van der Waals surface area contributed by atoms with Crippen LogP contribution in [0.1, 0.15) is 44.6 Å². The van der Waals surface area contributed by atoms with Crippen molar-refractivity contribution in [1.29, 1.82) is 0 Å². The zero-order valence-corrected chi connectivity index (χ0v) is 12.0. The maximum atomic E-state index is 9.55. The molecule has 0 saturated heterocycles. The van der Waals surface area contributed by atoms with Crippen LogP contribution < -0.4 is 10.1 Å². The number of aliphatic hydroxyl groups is 1. The zero-order valence-electron chi connectivity index (χ0n) is 12.0. The molecular weight excluding hydrogens is 238 g/mol. The number of nitrogens with one attached hydrogen (secondary N) is 1. The SMILES string of the molecule is CCCOc1cc(C)ccc1NC1CCC(O)CC1. The number of benzene rings is 1. The van der Waals surface area contributed by atoms with Gasteiger partial charge in [0, 0.05) is 6.04 Å². The fourth-order valence-corrected chi connectivity index (χ4v) is 2.52. The fourth-order valence-electron chi connectivity index (χ4n) is 2.52. The lowest BCUT2D eigenvalue weighted by Crippen LogP contribution is -2.28. The molecule has 1 aliphatic rings. The van der Waals surface area contributed by atoms with Gasteiger partial charge in [-0.2, -0.15) is 0 Å². The van der Waals surface area contributed by atoms with Gasteiger partial charge in [0.1, 0.15) is 5.75 Å². The van der Waals surface area contributed by atoms with E-state index in [-0.39, 0.29) is 6.10 Å². The molecule has 0 bridgehead atoms. The minimum atomic E-state index is -0.105. The van der Waals surface area contributed by atoms with E-state index in [4.69, 9.17) is 4.74 Å². The second kappa shape index (κ2) is 6.80. The highest BCUT2D eigenvalue weighted by Crippen LogP contribution is 2.29. The van der Waals surface area contributed by atoms with Crippen LogP contribution in [0.4, 0.5) is 5.69 Å². The van der Waals surface area contributed by atoms with Crippen LogP contribution in [0.3, 0.4) is 0 Å². The third-order valence-electron chi connectivity index (χ3n) is 3.66. The van der Waals surface area contributed by atoms with Crippen molar-refractivity contribution in [2.75, 3.05) is 11.9 Å². The first-order valence-electron chi connectivity index (χ1n) is 7.37. The first-order chi connectivity index (χ1) is 9.19. The Kier molecular flexibility index (Phi) is 5.08. The lowest BCUT2D eigenvalue weighted by atomic mass is 9.93. The molecule has 0 aliphatic heterocycles. The maximum Gasteiger partial charge on any atom is 0.142 e. The van der Waals surface area contributed by atoms with Crippen molar-refractivity contribution < 1.29 is 9.84 Å². The molecule has 0 atom stereocenters. The molecule has 0 aromatic heterocycles. The van der Waals surface area contributed by atoms with Crippen molar-refractivity contribution in [3.63, 3.8) is 0 Å². The summed E-state index contributed by atoms with van der Waals surface area (Å²) in [6.45, 7) is 4.95. The van der Waals surface area contributed by atoms with Crippen molar-refractivity contribution in [2.24, 2.45) is 0 Å². The van der Waals surface area contributed by atoms with E-state index in [0.29, 0.717) is 6.04 Å². The second-order valence-electron chi connectivity index (χ2n) is 5.50. The number of aliphatic hydroxyl groups excluding tert-OH is 1. The highest BCUT2D eigenvalue weighted by atomic mass is 16.5. The molecule has 3 nitrogen and oxygen atoms in total. The molecule has 2 N–H and O–H groups in total. The second-order valence-corrected chi connectivity index (χ2v) is 5.50. The van der Waals surface area contributed by atoms with E-state index < -0.39 is 0 Å². The van der Waals surface area contributed by atoms with Crippen LogP contribution >= 0.6 is 0 Å².